The number of benzene rings is 1. The first-order valence-electron chi connectivity index (χ1n) is 8.93. The molecule has 3 N–H and O–H groups in total. The number of pyridine rings is 1. The monoisotopic (exact) mass is 366 g/mol. The fourth-order valence-electron chi connectivity index (χ4n) is 4.16. The van der Waals surface area contributed by atoms with Crippen LogP contribution in [0.1, 0.15) is 48.2 Å². The average molecular weight is 366 g/mol. The second-order valence-corrected chi connectivity index (χ2v) is 8.34. The maximum absolute atomic E-state index is 12.4. The number of hydrogen-bond acceptors (Lipinski definition) is 3. The van der Waals surface area contributed by atoms with Crippen LogP contribution in [0.25, 0.3) is 22.3 Å². The predicted octanol–water partition coefficient (Wildman–Crippen LogP) is 3.85. The van der Waals surface area contributed by atoms with Crippen LogP contribution in [0.15, 0.2) is 29.1 Å². The maximum atomic E-state index is 12.4. The molecule has 1 unspecified atom stereocenters. The van der Waals surface area contributed by atoms with Crippen molar-refractivity contribution in [2.75, 3.05) is 0 Å². The molecule has 6 nitrogen and oxygen atoms in total. The highest BCUT2D eigenvalue weighted by molar-refractivity contribution is 5.94. The number of H-pyrrole nitrogens is 1. The molecule has 0 bridgehead atoms. The van der Waals surface area contributed by atoms with Gasteiger partial charge in [-0.1, -0.05) is 32.9 Å². The molecule has 0 saturated carbocycles. The van der Waals surface area contributed by atoms with E-state index in [9.17, 15) is 19.8 Å². The van der Waals surface area contributed by atoms with Crippen LogP contribution in [-0.4, -0.2) is 25.7 Å². The fourth-order valence-corrected chi connectivity index (χ4v) is 4.16. The first kappa shape index (κ1) is 17.4. The third kappa shape index (κ3) is 2.40. The average Bonchev–Trinajstić information content (AvgIpc) is 2.93. The molecule has 4 rings (SSSR count). The number of hydrogen-bond donors (Lipinski definition) is 3. The number of rotatable bonds is 1. The van der Waals surface area contributed by atoms with Crippen LogP contribution in [0.5, 0.6) is 5.75 Å². The Morgan fingerprint density at radius 2 is 2.00 bits per heavy atom. The minimum Gasteiger partial charge on any atom is -0.506 e. The summed E-state index contributed by atoms with van der Waals surface area (Å²) in [5.74, 6) is -2.01. The van der Waals surface area contributed by atoms with Crippen molar-refractivity contribution in [3.8, 4) is 17.1 Å². The third-order valence-electron chi connectivity index (χ3n) is 5.62. The number of aromatic carboxylic acids is 1. The minimum atomic E-state index is -1.42. The van der Waals surface area contributed by atoms with Crippen LogP contribution >= 0.6 is 0 Å². The number of aromatic amines is 1. The van der Waals surface area contributed by atoms with E-state index in [1.807, 2.05) is 52.0 Å². The molecule has 1 aliphatic rings. The van der Waals surface area contributed by atoms with E-state index in [0.717, 1.165) is 22.2 Å². The quantitative estimate of drug-likeness (QED) is 0.609. The molecule has 0 radical (unpaired) electrons. The zero-order valence-corrected chi connectivity index (χ0v) is 15.8. The summed E-state index contributed by atoms with van der Waals surface area (Å²) >= 11 is 0. The Hall–Kier alpha value is -3.02. The Morgan fingerprint density at radius 1 is 1.30 bits per heavy atom. The number of aryl methyl sites for hydroxylation is 1. The molecular weight excluding hydrogens is 344 g/mol. The molecule has 0 fully saturated rings. The number of nitrogens with zero attached hydrogens (tertiary/aromatic N) is 1. The van der Waals surface area contributed by atoms with E-state index in [0.29, 0.717) is 17.8 Å². The van der Waals surface area contributed by atoms with Gasteiger partial charge in [0.1, 0.15) is 5.75 Å². The van der Waals surface area contributed by atoms with E-state index in [4.69, 9.17) is 0 Å². The lowest BCUT2D eigenvalue weighted by Crippen LogP contribution is -2.31. The number of carboxylic acids is 1. The number of nitrogens with one attached hydrogen (secondary N) is 1. The van der Waals surface area contributed by atoms with Gasteiger partial charge >= 0.3 is 5.97 Å². The normalized spacial score (nSPS) is 16.2. The van der Waals surface area contributed by atoms with Gasteiger partial charge in [-0.15, -0.1) is 0 Å². The zero-order valence-electron chi connectivity index (χ0n) is 15.8. The maximum Gasteiger partial charge on any atom is 0.345 e. The van der Waals surface area contributed by atoms with E-state index in [2.05, 4.69) is 9.55 Å². The van der Waals surface area contributed by atoms with Crippen molar-refractivity contribution in [2.45, 2.75) is 40.2 Å². The minimum absolute atomic E-state index is 0.161. The highest BCUT2D eigenvalue weighted by atomic mass is 16.4. The lowest BCUT2D eigenvalue weighted by molar-refractivity contribution is 0.0691. The van der Waals surface area contributed by atoms with Crippen LogP contribution in [0, 0.1) is 12.3 Å². The van der Waals surface area contributed by atoms with Crippen molar-refractivity contribution in [1.82, 2.24) is 9.55 Å². The largest absolute Gasteiger partial charge is 0.506 e. The Balaban J connectivity index is 2.15. The van der Waals surface area contributed by atoms with Gasteiger partial charge in [0, 0.05) is 28.9 Å². The summed E-state index contributed by atoms with van der Waals surface area (Å²) in [7, 11) is 0. The van der Waals surface area contributed by atoms with Crippen molar-refractivity contribution in [1.29, 1.82) is 0 Å². The van der Waals surface area contributed by atoms with Crippen LogP contribution in [0.3, 0.4) is 0 Å². The summed E-state index contributed by atoms with van der Waals surface area (Å²) in [6.45, 7) is 8.78. The molecule has 0 amide bonds. The van der Waals surface area contributed by atoms with E-state index in [-0.39, 0.29) is 11.3 Å². The summed E-state index contributed by atoms with van der Waals surface area (Å²) in [5, 5.41) is 21.2. The molecule has 0 aliphatic carbocycles. The van der Waals surface area contributed by atoms with Gasteiger partial charge in [0.15, 0.2) is 5.56 Å². The van der Waals surface area contributed by atoms with Crippen molar-refractivity contribution in [3.05, 3.63) is 51.3 Å². The Morgan fingerprint density at radius 3 is 2.63 bits per heavy atom. The van der Waals surface area contributed by atoms with E-state index < -0.39 is 22.8 Å². The Bertz CT molecular complexity index is 1160. The smallest absolute Gasteiger partial charge is 0.345 e. The van der Waals surface area contributed by atoms with Crippen LogP contribution < -0.4 is 5.56 Å². The molecule has 3 aromatic rings. The summed E-state index contributed by atoms with van der Waals surface area (Å²) in [6, 6.07) is 8.07. The summed E-state index contributed by atoms with van der Waals surface area (Å²) in [6.07, 6.45) is 0. The first-order chi connectivity index (χ1) is 12.6. The van der Waals surface area contributed by atoms with Gasteiger partial charge in [-0.2, -0.15) is 0 Å². The van der Waals surface area contributed by atoms with Crippen LogP contribution in [0.4, 0.5) is 0 Å². The van der Waals surface area contributed by atoms with E-state index >= 15 is 0 Å². The molecular formula is C21H22N2O4. The van der Waals surface area contributed by atoms with Crippen molar-refractivity contribution < 1.29 is 15.0 Å². The van der Waals surface area contributed by atoms with Gasteiger partial charge in [0.25, 0.3) is 5.56 Å². The second-order valence-electron chi connectivity index (χ2n) is 8.34. The van der Waals surface area contributed by atoms with E-state index in [1.54, 1.807) is 0 Å². The Labute approximate surface area is 156 Å². The molecule has 6 heteroatoms. The molecule has 140 valence electrons. The molecule has 1 atom stereocenters. The third-order valence-corrected chi connectivity index (χ3v) is 5.62. The van der Waals surface area contributed by atoms with Gasteiger partial charge in [0.05, 0.1) is 11.4 Å². The van der Waals surface area contributed by atoms with Gasteiger partial charge in [-0.05, 0) is 30.0 Å². The highest BCUT2D eigenvalue weighted by Crippen LogP contribution is 2.49. The Kier molecular flexibility index (Phi) is 3.54. The summed E-state index contributed by atoms with van der Waals surface area (Å²) in [5.41, 5.74) is 2.35. The molecule has 1 aliphatic heterocycles. The first-order valence-corrected chi connectivity index (χ1v) is 8.93. The highest BCUT2D eigenvalue weighted by Gasteiger charge is 2.38. The van der Waals surface area contributed by atoms with Gasteiger partial charge in [-0.3, -0.25) is 4.79 Å². The molecule has 0 saturated heterocycles. The molecule has 1 aromatic carbocycles. The molecule has 3 heterocycles. The number of carbonyl (C=O) groups is 1. The zero-order chi connectivity index (χ0) is 19.7. The lowest BCUT2D eigenvalue weighted by atomic mass is 9.73. The standard InChI is InChI=1S/C21H22N2O4/c1-10-6-5-7-13-11(10)8-14-17-15(12(9-23(13)14)21(2,3)4)18(24)16(20(26)27)19(25)22-17/h5-8,12H,9H2,1-4H3,(H,26,27)(H2,22,24,25). The van der Waals surface area contributed by atoms with Gasteiger partial charge in [-0.25, -0.2) is 4.79 Å². The fraction of sp³-hybridized carbons (Fsp3) is 0.333. The molecule has 0 spiro atoms. The number of aromatic nitrogens is 2. The second kappa shape index (κ2) is 5.49. The topological polar surface area (TPSA) is 95.3 Å². The van der Waals surface area contributed by atoms with E-state index in [1.165, 1.54) is 0 Å². The van der Waals surface area contributed by atoms with Crippen LogP contribution in [0.2, 0.25) is 0 Å². The molecule has 27 heavy (non-hydrogen) atoms. The summed E-state index contributed by atoms with van der Waals surface area (Å²) in [4.78, 5) is 26.7. The van der Waals surface area contributed by atoms with Crippen LogP contribution in [-0.2, 0) is 6.54 Å². The lowest BCUT2D eigenvalue weighted by Gasteiger charge is -2.37. The van der Waals surface area contributed by atoms with Crippen molar-refractivity contribution in [3.63, 3.8) is 0 Å². The molecule has 2 aromatic heterocycles. The van der Waals surface area contributed by atoms with Crippen molar-refractivity contribution >= 4 is 16.9 Å². The van der Waals surface area contributed by atoms with Crippen molar-refractivity contribution in [2.24, 2.45) is 5.41 Å². The number of carboxylic acid groups (broad SMARTS) is 1. The number of fused-ring (bicyclic) bond motifs is 5. The summed E-state index contributed by atoms with van der Waals surface area (Å²) < 4.78 is 2.15. The van der Waals surface area contributed by atoms with Gasteiger partial charge < -0.3 is 19.8 Å². The SMILES string of the molecule is Cc1cccc2c1cc1n2CC(C(C)(C)C)c2c-1[nH]c(=O)c(C(=O)O)c2O. The predicted molar refractivity (Wildman–Crippen MR) is 104 cm³/mol. The number of aromatic hydroxyl groups is 1. The van der Waals surface area contributed by atoms with Gasteiger partial charge in [0.2, 0.25) is 0 Å².